The third kappa shape index (κ3) is 5.37. The first-order valence-corrected chi connectivity index (χ1v) is 11.1. The van der Waals surface area contributed by atoms with Gasteiger partial charge in [-0.05, 0) is 31.0 Å². The van der Waals surface area contributed by atoms with Crippen LogP contribution in [0.3, 0.4) is 0 Å². The van der Waals surface area contributed by atoms with Crippen molar-refractivity contribution in [2.45, 2.75) is 29.9 Å². The van der Waals surface area contributed by atoms with Crippen LogP contribution >= 0.6 is 11.6 Å². The van der Waals surface area contributed by atoms with Crippen LogP contribution in [0, 0.1) is 0 Å². The van der Waals surface area contributed by atoms with E-state index in [2.05, 4.69) is 4.72 Å². The summed E-state index contributed by atoms with van der Waals surface area (Å²) < 4.78 is 38.4. The largest absolute Gasteiger partial charge is 0.444 e. The Morgan fingerprint density at radius 2 is 1.97 bits per heavy atom. The molecule has 1 amide bonds. The molecule has 0 aromatic heterocycles. The fourth-order valence-electron chi connectivity index (χ4n) is 3.02. The number of ether oxygens (including phenoxy) is 2. The second-order valence-electron chi connectivity index (χ2n) is 6.73. The van der Waals surface area contributed by atoms with E-state index in [4.69, 9.17) is 26.8 Å². The molecule has 0 radical (unpaired) electrons. The normalized spacial score (nSPS) is 17.4. The summed E-state index contributed by atoms with van der Waals surface area (Å²) in [5.74, 6) is -1.76. The van der Waals surface area contributed by atoms with Gasteiger partial charge in [-0.15, -0.1) is 0 Å². The first-order valence-electron chi connectivity index (χ1n) is 9.24. The van der Waals surface area contributed by atoms with Gasteiger partial charge in [-0.25, -0.2) is 17.9 Å². The summed E-state index contributed by atoms with van der Waals surface area (Å²) in [6.45, 7) is 0.696. The van der Waals surface area contributed by atoms with Gasteiger partial charge in [0.15, 0.2) is 0 Å². The number of nitrogens with two attached hydrogens (primary N) is 1. The van der Waals surface area contributed by atoms with Crippen LogP contribution in [-0.2, 0) is 24.3 Å². The predicted octanol–water partition coefficient (Wildman–Crippen LogP) is 2.18. The van der Waals surface area contributed by atoms with Gasteiger partial charge in [0.25, 0.3) is 5.91 Å². The average Bonchev–Trinajstić information content (AvgIpc) is 3.25. The molecule has 1 saturated heterocycles. The molecular formula is C20H21ClN2O6S. The van der Waals surface area contributed by atoms with Crippen LogP contribution in [0.25, 0.3) is 0 Å². The Labute approximate surface area is 179 Å². The number of sulfonamides is 1. The minimum absolute atomic E-state index is 0.0547. The van der Waals surface area contributed by atoms with Gasteiger partial charge < -0.3 is 15.2 Å². The van der Waals surface area contributed by atoms with Gasteiger partial charge in [-0.3, -0.25) is 4.79 Å². The van der Waals surface area contributed by atoms with Crippen molar-refractivity contribution in [3.05, 3.63) is 64.7 Å². The molecule has 1 fully saturated rings. The highest BCUT2D eigenvalue weighted by molar-refractivity contribution is 7.89. The fraction of sp³-hybridized carbons (Fsp3) is 0.300. The van der Waals surface area contributed by atoms with Crippen LogP contribution in [0.4, 0.5) is 0 Å². The molecule has 2 aromatic carbocycles. The summed E-state index contributed by atoms with van der Waals surface area (Å²) in [6, 6.07) is 12.0. The van der Waals surface area contributed by atoms with Crippen LogP contribution in [0.5, 0.6) is 0 Å². The minimum Gasteiger partial charge on any atom is -0.444 e. The van der Waals surface area contributed by atoms with Crippen LogP contribution < -0.4 is 10.5 Å². The molecule has 0 saturated carbocycles. The molecule has 160 valence electrons. The number of nitrogens with one attached hydrogen (secondary N) is 1. The van der Waals surface area contributed by atoms with Gasteiger partial charge in [0.1, 0.15) is 4.90 Å². The number of amides is 1. The predicted molar refractivity (Wildman–Crippen MR) is 109 cm³/mol. The maximum absolute atomic E-state index is 12.7. The summed E-state index contributed by atoms with van der Waals surface area (Å²) in [4.78, 5) is 24.1. The topological polar surface area (TPSA) is 125 Å². The standard InChI is InChI=1S/C20H21ClN2O6S/c21-16-9-8-14(11-17(16)30(26,27)23-12-15-7-4-10-28-15)20(25)29-18(19(22)24)13-5-2-1-3-6-13/h1-3,5-6,8-9,11,15,18,23H,4,7,10,12H2,(H2,22,24)/t15-,18+/m1/s1. The quantitative estimate of drug-likeness (QED) is 0.591. The number of carbonyl (C=O) groups is 2. The van der Waals surface area contributed by atoms with Crippen molar-refractivity contribution in [3.63, 3.8) is 0 Å². The minimum atomic E-state index is -3.99. The molecule has 0 spiro atoms. The SMILES string of the molecule is NC(=O)[C@@H](OC(=O)c1ccc(Cl)c(S(=O)(=O)NC[C@H]2CCCO2)c1)c1ccccc1. The van der Waals surface area contributed by atoms with Crippen LogP contribution in [-0.4, -0.2) is 39.5 Å². The highest BCUT2D eigenvalue weighted by atomic mass is 35.5. The Bertz CT molecular complexity index is 1020. The van der Waals surface area contributed by atoms with Crippen LogP contribution in [0.15, 0.2) is 53.4 Å². The first kappa shape index (κ1) is 22.2. The van der Waals surface area contributed by atoms with E-state index in [1.807, 2.05) is 0 Å². The van der Waals surface area contributed by atoms with Crippen molar-refractivity contribution >= 4 is 33.5 Å². The zero-order valence-electron chi connectivity index (χ0n) is 15.9. The molecule has 0 bridgehead atoms. The number of hydrogen-bond donors (Lipinski definition) is 2. The van der Waals surface area contributed by atoms with Gasteiger partial charge in [0.2, 0.25) is 16.1 Å². The molecule has 1 aliphatic rings. The molecule has 2 atom stereocenters. The van der Waals surface area contributed by atoms with Crippen molar-refractivity contribution in [1.29, 1.82) is 0 Å². The van der Waals surface area contributed by atoms with E-state index >= 15 is 0 Å². The van der Waals surface area contributed by atoms with Crippen molar-refractivity contribution in [2.75, 3.05) is 13.2 Å². The molecular weight excluding hydrogens is 432 g/mol. The van der Waals surface area contributed by atoms with E-state index in [0.29, 0.717) is 12.2 Å². The Hall–Kier alpha value is -2.46. The van der Waals surface area contributed by atoms with Crippen molar-refractivity contribution in [1.82, 2.24) is 4.72 Å². The lowest BCUT2D eigenvalue weighted by molar-refractivity contribution is -0.127. The second kappa shape index (κ2) is 9.57. The Balaban J connectivity index is 1.79. The zero-order chi connectivity index (χ0) is 21.7. The smallest absolute Gasteiger partial charge is 0.339 e. The molecule has 1 aliphatic heterocycles. The third-order valence-corrected chi connectivity index (χ3v) is 6.47. The Morgan fingerprint density at radius 1 is 1.23 bits per heavy atom. The second-order valence-corrected chi connectivity index (χ2v) is 8.87. The lowest BCUT2D eigenvalue weighted by atomic mass is 10.1. The maximum atomic E-state index is 12.7. The third-order valence-electron chi connectivity index (χ3n) is 4.57. The van der Waals surface area contributed by atoms with Crippen LogP contribution in [0.1, 0.15) is 34.9 Å². The van der Waals surface area contributed by atoms with Crippen molar-refractivity contribution in [3.8, 4) is 0 Å². The van der Waals surface area contributed by atoms with E-state index in [9.17, 15) is 18.0 Å². The fourth-order valence-corrected chi connectivity index (χ4v) is 4.61. The molecule has 3 N–H and O–H groups in total. The molecule has 10 heteroatoms. The lowest BCUT2D eigenvalue weighted by Crippen LogP contribution is -2.32. The number of rotatable bonds is 8. The summed E-state index contributed by atoms with van der Waals surface area (Å²) in [5, 5.41) is -0.0547. The molecule has 3 rings (SSSR count). The zero-order valence-corrected chi connectivity index (χ0v) is 17.5. The highest BCUT2D eigenvalue weighted by Crippen LogP contribution is 2.25. The lowest BCUT2D eigenvalue weighted by Gasteiger charge is -2.16. The molecule has 2 aromatic rings. The number of esters is 1. The van der Waals surface area contributed by atoms with Gasteiger partial charge in [0, 0.05) is 18.7 Å². The Kier molecular flexibility index (Phi) is 7.09. The number of hydrogen-bond acceptors (Lipinski definition) is 6. The van der Waals surface area contributed by atoms with Gasteiger partial charge in [-0.1, -0.05) is 41.9 Å². The summed E-state index contributed by atoms with van der Waals surface area (Å²) >= 11 is 6.06. The number of benzene rings is 2. The van der Waals surface area contributed by atoms with E-state index < -0.39 is 28.0 Å². The molecule has 0 aliphatic carbocycles. The van der Waals surface area contributed by atoms with Crippen molar-refractivity contribution < 1.29 is 27.5 Å². The van der Waals surface area contributed by atoms with Crippen molar-refractivity contribution in [2.24, 2.45) is 5.73 Å². The number of halogens is 1. The van der Waals surface area contributed by atoms with E-state index in [0.717, 1.165) is 18.9 Å². The Morgan fingerprint density at radius 3 is 2.60 bits per heavy atom. The molecule has 30 heavy (non-hydrogen) atoms. The highest BCUT2D eigenvalue weighted by Gasteiger charge is 2.26. The summed E-state index contributed by atoms with van der Waals surface area (Å²) in [7, 11) is -3.99. The van der Waals surface area contributed by atoms with Crippen LogP contribution in [0.2, 0.25) is 5.02 Å². The molecule has 0 unspecified atom stereocenters. The first-order chi connectivity index (χ1) is 14.3. The number of carbonyl (C=O) groups excluding carboxylic acids is 2. The monoisotopic (exact) mass is 452 g/mol. The van der Waals surface area contributed by atoms with Gasteiger partial charge >= 0.3 is 5.97 Å². The summed E-state index contributed by atoms with van der Waals surface area (Å²) in [6.07, 6.45) is 0.119. The summed E-state index contributed by atoms with van der Waals surface area (Å²) in [5.41, 5.74) is 5.68. The van der Waals surface area contributed by atoms with E-state index in [1.165, 1.54) is 12.1 Å². The molecule has 1 heterocycles. The van der Waals surface area contributed by atoms with Gasteiger partial charge in [0.05, 0.1) is 16.7 Å². The van der Waals surface area contributed by atoms with E-state index in [-0.39, 0.29) is 28.1 Å². The average molecular weight is 453 g/mol. The maximum Gasteiger partial charge on any atom is 0.339 e. The molecule has 8 nitrogen and oxygen atoms in total. The van der Waals surface area contributed by atoms with Gasteiger partial charge in [-0.2, -0.15) is 0 Å². The van der Waals surface area contributed by atoms with E-state index in [1.54, 1.807) is 30.3 Å². The number of primary amides is 1.